The molecule has 2 rings (SSSR count). The highest BCUT2D eigenvalue weighted by atomic mass is 19.4. The molecule has 0 spiro atoms. The minimum atomic E-state index is -4.74. The quantitative estimate of drug-likeness (QED) is 0.836. The third-order valence-corrected chi connectivity index (χ3v) is 2.10. The number of rotatable bonds is 2. The molecule has 0 aliphatic carbocycles. The van der Waals surface area contributed by atoms with Crippen LogP contribution in [-0.4, -0.2) is 21.5 Å². The Balaban J connectivity index is 2.50. The highest BCUT2D eigenvalue weighted by Gasteiger charge is 2.37. The normalized spacial score (nSPS) is 11.5. The molecule has 0 bridgehead atoms. The maximum absolute atomic E-state index is 12.3. The molecule has 2 aromatic rings. The van der Waals surface area contributed by atoms with Gasteiger partial charge in [-0.1, -0.05) is 11.2 Å². The van der Waals surface area contributed by atoms with E-state index in [9.17, 15) is 23.1 Å². The van der Waals surface area contributed by atoms with Crippen molar-refractivity contribution in [3.63, 3.8) is 0 Å². The summed E-state index contributed by atoms with van der Waals surface area (Å²) in [7, 11) is 0. The van der Waals surface area contributed by atoms with Crippen LogP contribution in [0.15, 0.2) is 22.7 Å². The maximum atomic E-state index is 12.3. The summed E-state index contributed by atoms with van der Waals surface area (Å²) in [4.78, 5) is 13.7. The van der Waals surface area contributed by atoms with Gasteiger partial charge in [-0.25, -0.2) is 0 Å². The number of phenols is 1. The summed E-state index contributed by atoms with van der Waals surface area (Å²) < 4.78 is 41.2. The van der Waals surface area contributed by atoms with Gasteiger partial charge >= 0.3 is 6.18 Å². The molecule has 94 valence electrons. The maximum Gasteiger partial charge on any atom is 0.455 e. The van der Waals surface area contributed by atoms with Crippen LogP contribution in [0.4, 0.5) is 13.2 Å². The number of carbonyl (C=O) groups is 1. The van der Waals surface area contributed by atoms with Crippen LogP contribution in [0.3, 0.4) is 0 Å². The van der Waals surface area contributed by atoms with Gasteiger partial charge in [0.05, 0.1) is 11.1 Å². The third kappa shape index (κ3) is 2.04. The number of para-hydroxylation sites is 1. The van der Waals surface area contributed by atoms with Gasteiger partial charge in [-0.3, -0.25) is 4.79 Å². The number of hydrogen-bond acceptors (Lipinski definition) is 5. The Kier molecular flexibility index (Phi) is 2.77. The lowest BCUT2D eigenvalue weighted by atomic mass is 10.1. The molecule has 0 fully saturated rings. The molecule has 0 aliphatic rings. The van der Waals surface area contributed by atoms with Crippen molar-refractivity contribution in [1.29, 1.82) is 0 Å². The lowest BCUT2D eigenvalue weighted by molar-refractivity contribution is -0.146. The summed E-state index contributed by atoms with van der Waals surface area (Å²) in [5.41, 5.74) is -0.221. The number of hydrogen-bond donors (Lipinski definition) is 1. The monoisotopic (exact) mass is 258 g/mol. The Labute approximate surface area is 97.9 Å². The van der Waals surface area contributed by atoms with Crippen LogP contribution >= 0.6 is 0 Å². The lowest BCUT2D eigenvalue weighted by Gasteiger charge is -2.01. The number of benzene rings is 1. The molecule has 0 unspecified atom stereocenters. The van der Waals surface area contributed by atoms with Crippen LogP contribution < -0.4 is 0 Å². The van der Waals surface area contributed by atoms with E-state index in [-0.39, 0.29) is 11.1 Å². The Morgan fingerprint density at radius 1 is 1.33 bits per heavy atom. The zero-order chi connectivity index (χ0) is 13.3. The Morgan fingerprint density at radius 2 is 2.06 bits per heavy atom. The van der Waals surface area contributed by atoms with Gasteiger partial charge in [0.15, 0.2) is 6.29 Å². The number of carbonyl (C=O) groups excluding carboxylic acids is 1. The summed E-state index contributed by atoms with van der Waals surface area (Å²) in [6, 6.07) is 3.93. The van der Waals surface area contributed by atoms with Gasteiger partial charge in [-0.15, -0.1) is 0 Å². The average Bonchev–Trinajstić information content (AvgIpc) is 2.78. The topological polar surface area (TPSA) is 76.2 Å². The van der Waals surface area contributed by atoms with E-state index in [1.165, 1.54) is 18.2 Å². The molecule has 0 amide bonds. The van der Waals surface area contributed by atoms with E-state index in [0.717, 1.165) is 0 Å². The van der Waals surface area contributed by atoms with Crippen molar-refractivity contribution in [2.75, 3.05) is 0 Å². The number of aromatic nitrogens is 2. The molecule has 0 saturated carbocycles. The average molecular weight is 258 g/mol. The van der Waals surface area contributed by atoms with Gasteiger partial charge in [-0.05, 0) is 12.1 Å². The van der Waals surface area contributed by atoms with E-state index in [0.29, 0.717) is 6.29 Å². The Bertz CT molecular complexity index is 592. The van der Waals surface area contributed by atoms with Crippen molar-refractivity contribution in [1.82, 2.24) is 10.1 Å². The molecule has 5 nitrogen and oxygen atoms in total. The number of aldehydes is 1. The van der Waals surface area contributed by atoms with E-state index in [1.54, 1.807) is 0 Å². The first kappa shape index (κ1) is 12.1. The SMILES string of the molecule is O=Cc1cccc(-c2nc(C(F)(F)F)no2)c1O. The molecule has 0 radical (unpaired) electrons. The van der Waals surface area contributed by atoms with Gasteiger partial charge < -0.3 is 9.63 Å². The van der Waals surface area contributed by atoms with E-state index < -0.39 is 23.6 Å². The first-order chi connectivity index (χ1) is 8.43. The van der Waals surface area contributed by atoms with E-state index in [2.05, 4.69) is 14.7 Å². The molecule has 1 aromatic carbocycles. The third-order valence-electron chi connectivity index (χ3n) is 2.10. The van der Waals surface area contributed by atoms with Gasteiger partial charge in [0.1, 0.15) is 5.75 Å². The first-order valence-electron chi connectivity index (χ1n) is 4.62. The van der Waals surface area contributed by atoms with Crippen molar-refractivity contribution < 1.29 is 27.6 Å². The first-order valence-corrected chi connectivity index (χ1v) is 4.62. The molecule has 0 saturated heterocycles. The highest BCUT2D eigenvalue weighted by molar-refractivity contribution is 5.84. The van der Waals surface area contributed by atoms with Crippen LogP contribution in [0.2, 0.25) is 0 Å². The van der Waals surface area contributed by atoms with E-state index in [1.807, 2.05) is 0 Å². The summed E-state index contributed by atoms with van der Waals surface area (Å²) >= 11 is 0. The smallest absolute Gasteiger partial charge is 0.455 e. The molecule has 0 atom stereocenters. The highest BCUT2D eigenvalue weighted by Crippen LogP contribution is 2.33. The summed E-state index contributed by atoms with van der Waals surface area (Å²) in [5, 5.41) is 12.4. The fourth-order valence-corrected chi connectivity index (χ4v) is 1.28. The van der Waals surface area contributed by atoms with Gasteiger partial charge in [0.2, 0.25) is 0 Å². The standard InChI is InChI=1S/C10H5F3N2O3/c11-10(12,13)9-14-8(18-15-9)6-3-1-2-5(4-16)7(6)17/h1-4,17H. The molecule has 1 aromatic heterocycles. The minimum absolute atomic E-state index is 0.0840. The summed E-state index contributed by atoms with van der Waals surface area (Å²) in [5.74, 6) is -2.47. The Hall–Kier alpha value is -2.38. The number of nitrogens with zero attached hydrogens (tertiary/aromatic N) is 2. The second kappa shape index (κ2) is 4.13. The molecule has 1 heterocycles. The van der Waals surface area contributed by atoms with Gasteiger partial charge in [-0.2, -0.15) is 18.2 Å². The fourth-order valence-electron chi connectivity index (χ4n) is 1.28. The van der Waals surface area contributed by atoms with Crippen LogP contribution in [-0.2, 0) is 6.18 Å². The van der Waals surface area contributed by atoms with Gasteiger partial charge in [0, 0.05) is 0 Å². The van der Waals surface area contributed by atoms with E-state index >= 15 is 0 Å². The number of alkyl halides is 3. The molecular weight excluding hydrogens is 253 g/mol. The second-order valence-electron chi connectivity index (χ2n) is 3.28. The van der Waals surface area contributed by atoms with Crippen LogP contribution in [0.1, 0.15) is 16.2 Å². The van der Waals surface area contributed by atoms with Crippen molar-refractivity contribution in [3.8, 4) is 17.2 Å². The Morgan fingerprint density at radius 3 is 2.61 bits per heavy atom. The van der Waals surface area contributed by atoms with Crippen molar-refractivity contribution in [2.24, 2.45) is 0 Å². The van der Waals surface area contributed by atoms with Crippen molar-refractivity contribution >= 4 is 6.29 Å². The van der Waals surface area contributed by atoms with Crippen LogP contribution in [0.5, 0.6) is 5.75 Å². The summed E-state index contributed by atoms with van der Waals surface area (Å²) in [6.07, 6.45) is -4.38. The van der Waals surface area contributed by atoms with E-state index in [4.69, 9.17) is 0 Å². The molecular formula is C10H5F3N2O3. The molecule has 18 heavy (non-hydrogen) atoms. The van der Waals surface area contributed by atoms with Crippen molar-refractivity contribution in [3.05, 3.63) is 29.6 Å². The molecule has 0 aliphatic heterocycles. The summed E-state index contributed by atoms with van der Waals surface area (Å²) in [6.45, 7) is 0. The second-order valence-corrected chi connectivity index (χ2v) is 3.28. The van der Waals surface area contributed by atoms with Crippen LogP contribution in [0.25, 0.3) is 11.5 Å². The molecule has 8 heteroatoms. The number of phenolic OH excluding ortho intramolecular Hbond substituents is 1. The predicted molar refractivity (Wildman–Crippen MR) is 51.8 cm³/mol. The largest absolute Gasteiger partial charge is 0.506 e. The van der Waals surface area contributed by atoms with Crippen molar-refractivity contribution in [2.45, 2.75) is 6.18 Å². The van der Waals surface area contributed by atoms with Gasteiger partial charge in [0.25, 0.3) is 11.7 Å². The zero-order valence-corrected chi connectivity index (χ0v) is 8.60. The zero-order valence-electron chi connectivity index (χ0n) is 8.60. The predicted octanol–water partition coefficient (Wildman–Crippen LogP) is 2.27. The van der Waals surface area contributed by atoms with Crippen LogP contribution in [0, 0.1) is 0 Å². The molecule has 1 N–H and O–H groups in total. The number of aromatic hydroxyl groups is 1. The number of halogens is 3. The lowest BCUT2D eigenvalue weighted by Crippen LogP contribution is -2.07. The fraction of sp³-hybridized carbons (Fsp3) is 0.100. The minimum Gasteiger partial charge on any atom is -0.506 e.